The maximum Gasteiger partial charge on any atom is 0.122 e. The predicted octanol–water partition coefficient (Wildman–Crippen LogP) is 3.10. The van der Waals surface area contributed by atoms with E-state index in [2.05, 4.69) is 36.0 Å². The molecule has 18 heavy (non-hydrogen) atoms. The van der Waals surface area contributed by atoms with Crippen LogP contribution in [0.25, 0.3) is 10.9 Å². The van der Waals surface area contributed by atoms with E-state index in [4.69, 9.17) is 4.74 Å². The standard InChI is InChI=1S/C15H18N2O/c1-4-10-7-13-12(8-14(10)18-3)11-5-6-16-9(2)15(11)17-13/h7-8,17H,4-6H2,1-3H3. The molecule has 0 aliphatic carbocycles. The zero-order valence-corrected chi connectivity index (χ0v) is 11.1. The Morgan fingerprint density at radius 3 is 2.94 bits per heavy atom. The largest absolute Gasteiger partial charge is 0.496 e. The Balaban J connectivity index is 2.29. The summed E-state index contributed by atoms with van der Waals surface area (Å²) in [6, 6.07) is 4.38. The van der Waals surface area contributed by atoms with Crippen molar-refractivity contribution in [2.45, 2.75) is 26.7 Å². The number of methoxy groups -OCH3 is 1. The van der Waals surface area contributed by atoms with E-state index in [0.29, 0.717) is 0 Å². The first kappa shape index (κ1) is 11.3. The number of aryl methyl sites for hydroxylation is 1. The summed E-state index contributed by atoms with van der Waals surface area (Å²) in [4.78, 5) is 8.01. The number of benzene rings is 1. The highest BCUT2D eigenvalue weighted by atomic mass is 16.5. The summed E-state index contributed by atoms with van der Waals surface area (Å²) >= 11 is 0. The summed E-state index contributed by atoms with van der Waals surface area (Å²) in [5, 5.41) is 1.29. The van der Waals surface area contributed by atoms with E-state index < -0.39 is 0 Å². The number of hydrogen-bond donors (Lipinski definition) is 1. The number of hydrogen-bond acceptors (Lipinski definition) is 2. The van der Waals surface area contributed by atoms with Crippen LogP contribution in [-0.4, -0.2) is 24.4 Å². The molecule has 1 aliphatic rings. The lowest BCUT2D eigenvalue weighted by Crippen LogP contribution is -2.08. The van der Waals surface area contributed by atoms with Crippen LogP contribution in [0.2, 0.25) is 0 Å². The van der Waals surface area contributed by atoms with Gasteiger partial charge in [-0.05, 0) is 43.0 Å². The number of ether oxygens (including phenoxy) is 1. The fourth-order valence-electron chi connectivity index (χ4n) is 2.77. The van der Waals surface area contributed by atoms with Crippen molar-refractivity contribution in [2.75, 3.05) is 13.7 Å². The van der Waals surface area contributed by atoms with Gasteiger partial charge in [0.15, 0.2) is 0 Å². The fourth-order valence-corrected chi connectivity index (χ4v) is 2.77. The molecule has 1 aromatic carbocycles. The second-order valence-corrected chi connectivity index (χ2v) is 4.76. The number of aliphatic imine (C=N–C) groups is 1. The molecule has 1 aromatic heterocycles. The summed E-state index contributed by atoms with van der Waals surface area (Å²) in [7, 11) is 1.74. The van der Waals surface area contributed by atoms with Crippen LogP contribution in [0.3, 0.4) is 0 Å². The van der Waals surface area contributed by atoms with Crippen molar-refractivity contribution in [3.63, 3.8) is 0 Å². The predicted molar refractivity (Wildman–Crippen MR) is 75.0 cm³/mol. The minimum absolute atomic E-state index is 0.892. The molecule has 1 aliphatic heterocycles. The van der Waals surface area contributed by atoms with Gasteiger partial charge in [0.25, 0.3) is 0 Å². The Labute approximate surface area is 107 Å². The molecule has 2 aromatic rings. The number of H-pyrrole nitrogens is 1. The molecule has 3 heteroatoms. The lowest BCUT2D eigenvalue weighted by molar-refractivity contribution is 0.411. The van der Waals surface area contributed by atoms with Gasteiger partial charge in [0.2, 0.25) is 0 Å². The van der Waals surface area contributed by atoms with Gasteiger partial charge in [-0.2, -0.15) is 0 Å². The van der Waals surface area contributed by atoms with E-state index in [1.165, 1.54) is 27.7 Å². The Kier molecular flexibility index (Phi) is 2.62. The molecule has 0 bridgehead atoms. The van der Waals surface area contributed by atoms with Crippen molar-refractivity contribution < 1.29 is 4.74 Å². The molecule has 0 saturated heterocycles. The first-order valence-corrected chi connectivity index (χ1v) is 6.47. The van der Waals surface area contributed by atoms with Crippen LogP contribution in [0, 0.1) is 0 Å². The highest BCUT2D eigenvalue weighted by Gasteiger charge is 2.18. The van der Waals surface area contributed by atoms with Crippen molar-refractivity contribution in [1.82, 2.24) is 4.98 Å². The minimum Gasteiger partial charge on any atom is -0.496 e. The van der Waals surface area contributed by atoms with Gasteiger partial charge in [0.1, 0.15) is 5.75 Å². The molecule has 0 saturated carbocycles. The van der Waals surface area contributed by atoms with Crippen LogP contribution >= 0.6 is 0 Å². The second-order valence-electron chi connectivity index (χ2n) is 4.76. The molecular formula is C15H18N2O. The zero-order chi connectivity index (χ0) is 12.7. The van der Waals surface area contributed by atoms with Gasteiger partial charge in [-0.25, -0.2) is 0 Å². The Morgan fingerprint density at radius 1 is 1.39 bits per heavy atom. The molecule has 0 spiro atoms. The van der Waals surface area contributed by atoms with Gasteiger partial charge in [-0.1, -0.05) is 6.92 Å². The molecule has 2 heterocycles. The monoisotopic (exact) mass is 242 g/mol. The summed E-state index contributed by atoms with van der Waals surface area (Å²) in [6.07, 6.45) is 2.00. The number of rotatable bonds is 2. The molecule has 0 unspecified atom stereocenters. The SMILES string of the molecule is CCc1cc2[nH]c3c(c2cc1OC)CCN=C3C. The molecule has 3 rings (SSSR count). The van der Waals surface area contributed by atoms with Crippen LogP contribution in [0.1, 0.15) is 30.7 Å². The molecule has 3 nitrogen and oxygen atoms in total. The first-order valence-electron chi connectivity index (χ1n) is 6.47. The van der Waals surface area contributed by atoms with Gasteiger partial charge in [-0.15, -0.1) is 0 Å². The molecular weight excluding hydrogens is 224 g/mol. The first-order chi connectivity index (χ1) is 8.74. The van der Waals surface area contributed by atoms with Crippen molar-refractivity contribution in [1.29, 1.82) is 0 Å². The lowest BCUT2D eigenvalue weighted by Gasteiger charge is -2.10. The normalized spacial score (nSPS) is 14.5. The van der Waals surface area contributed by atoms with E-state index in [0.717, 1.165) is 30.8 Å². The highest BCUT2D eigenvalue weighted by Crippen LogP contribution is 2.32. The van der Waals surface area contributed by atoms with Gasteiger partial charge >= 0.3 is 0 Å². The van der Waals surface area contributed by atoms with E-state index in [-0.39, 0.29) is 0 Å². The molecule has 1 N–H and O–H groups in total. The maximum absolute atomic E-state index is 5.49. The smallest absolute Gasteiger partial charge is 0.122 e. The number of fused-ring (bicyclic) bond motifs is 3. The fraction of sp³-hybridized carbons (Fsp3) is 0.400. The van der Waals surface area contributed by atoms with Crippen LogP contribution in [0.15, 0.2) is 17.1 Å². The van der Waals surface area contributed by atoms with Gasteiger partial charge in [0, 0.05) is 17.4 Å². The van der Waals surface area contributed by atoms with Gasteiger partial charge < -0.3 is 9.72 Å². The highest BCUT2D eigenvalue weighted by molar-refractivity contribution is 6.05. The van der Waals surface area contributed by atoms with Gasteiger partial charge in [-0.3, -0.25) is 4.99 Å². The van der Waals surface area contributed by atoms with Crippen molar-refractivity contribution in [3.05, 3.63) is 29.0 Å². The molecule has 0 fully saturated rings. The minimum atomic E-state index is 0.892. The average Bonchev–Trinajstić information content (AvgIpc) is 2.76. The molecule has 94 valence electrons. The van der Waals surface area contributed by atoms with Crippen molar-refractivity contribution in [2.24, 2.45) is 4.99 Å². The van der Waals surface area contributed by atoms with E-state index >= 15 is 0 Å². The summed E-state index contributed by atoms with van der Waals surface area (Å²) < 4.78 is 5.49. The van der Waals surface area contributed by atoms with Crippen LogP contribution < -0.4 is 4.74 Å². The Morgan fingerprint density at radius 2 is 2.22 bits per heavy atom. The van der Waals surface area contributed by atoms with E-state index in [1.54, 1.807) is 7.11 Å². The third-order valence-corrected chi connectivity index (χ3v) is 3.76. The average molecular weight is 242 g/mol. The van der Waals surface area contributed by atoms with Crippen molar-refractivity contribution in [3.8, 4) is 5.75 Å². The van der Waals surface area contributed by atoms with Crippen LogP contribution in [0.5, 0.6) is 5.75 Å². The number of nitrogens with zero attached hydrogens (tertiary/aromatic N) is 1. The van der Waals surface area contributed by atoms with Crippen LogP contribution in [0.4, 0.5) is 0 Å². The Bertz CT molecular complexity index is 637. The third-order valence-electron chi connectivity index (χ3n) is 3.76. The van der Waals surface area contributed by atoms with E-state index in [1.807, 2.05) is 0 Å². The van der Waals surface area contributed by atoms with E-state index in [9.17, 15) is 0 Å². The van der Waals surface area contributed by atoms with Crippen LogP contribution in [-0.2, 0) is 12.8 Å². The molecule has 0 radical (unpaired) electrons. The number of nitrogens with one attached hydrogen (secondary N) is 1. The Hall–Kier alpha value is -1.77. The zero-order valence-electron chi connectivity index (χ0n) is 11.1. The topological polar surface area (TPSA) is 37.4 Å². The lowest BCUT2D eigenvalue weighted by atomic mass is 10.0. The van der Waals surface area contributed by atoms with Crippen molar-refractivity contribution >= 4 is 16.6 Å². The number of aromatic amines is 1. The second kappa shape index (κ2) is 4.16. The van der Waals surface area contributed by atoms with Gasteiger partial charge in [0.05, 0.1) is 18.5 Å². The summed E-state index contributed by atoms with van der Waals surface area (Å²) in [6.45, 7) is 5.12. The number of aromatic nitrogens is 1. The molecule has 0 atom stereocenters. The quantitative estimate of drug-likeness (QED) is 0.863. The summed E-state index contributed by atoms with van der Waals surface area (Å²) in [5.74, 6) is 0.993. The summed E-state index contributed by atoms with van der Waals surface area (Å²) in [5.41, 5.74) is 6.15. The maximum atomic E-state index is 5.49. The third kappa shape index (κ3) is 1.54. The molecule has 0 amide bonds.